The van der Waals surface area contributed by atoms with E-state index in [2.05, 4.69) is 14.7 Å². The summed E-state index contributed by atoms with van der Waals surface area (Å²) in [7, 11) is 2.53. The van der Waals surface area contributed by atoms with Crippen LogP contribution in [0.25, 0.3) is 0 Å². The van der Waals surface area contributed by atoms with Crippen molar-refractivity contribution in [3.8, 4) is 0 Å². The van der Waals surface area contributed by atoms with Crippen molar-refractivity contribution in [2.75, 3.05) is 19.3 Å². The molecule has 0 aliphatic heterocycles. The fourth-order valence-electron chi connectivity index (χ4n) is 1.15. The van der Waals surface area contributed by atoms with E-state index in [1.807, 2.05) is 0 Å². The molecule has 0 unspecified atom stereocenters. The maximum Gasteiger partial charge on any atom is 0.438 e. The Bertz CT molecular complexity index is 389. The number of anilines is 1. The molecule has 91 valence electrons. The van der Waals surface area contributed by atoms with Crippen molar-refractivity contribution in [3.63, 3.8) is 0 Å². The first-order chi connectivity index (χ1) is 7.63. The van der Waals surface area contributed by atoms with Gasteiger partial charge >= 0.3 is 6.09 Å². The summed E-state index contributed by atoms with van der Waals surface area (Å²) in [5, 5.41) is 9.98. The molecule has 17 heavy (non-hydrogen) atoms. The SMILES string of the molecule is COC(=O)N(OC)c1cnc(C)nc1CO.[Y]. The summed E-state index contributed by atoms with van der Waals surface area (Å²) in [6.45, 7) is 1.35. The van der Waals surface area contributed by atoms with E-state index in [0.29, 0.717) is 11.5 Å². The molecule has 0 saturated carbocycles. The average Bonchev–Trinajstić information content (AvgIpc) is 2.31. The van der Waals surface area contributed by atoms with Gasteiger partial charge in [0.05, 0.1) is 32.7 Å². The van der Waals surface area contributed by atoms with Crippen LogP contribution in [0.15, 0.2) is 6.20 Å². The van der Waals surface area contributed by atoms with Crippen molar-refractivity contribution in [3.05, 3.63) is 17.7 Å². The molecule has 7 nitrogen and oxygen atoms in total. The van der Waals surface area contributed by atoms with Crippen LogP contribution in [0.5, 0.6) is 0 Å². The Balaban J connectivity index is 0.00000256. The molecule has 0 fully saturated rings. The largest absolute Gasteiger partial charge is 0.451 e. The zero-order valence-electron chi connectivity index (χ0n) is 9.88. The van der Waals surface area contributed by atoms with E-state index in [4.69, 9.17) is 9.94 Å². The van der Waals surface area contributed by atoms with Crippen molar-refractivity contribution < 1.29 is 52.2 Å². The van der Waals surface area contributed by atoms with E-state index in [9.17, 15) is 4.79 Å². The standard InChI is InChI=1S/C9H13N3O4.Y/c1-6-10-4-8(7(5-13)11-6)12(16-3)9(14)15-2;/h4,13H,5H2,1-3H3;. The maximum atomic E-state index is 11.3. The van der Waals surface area contributed by atoms with E-state index < -0.39 is 6.09 Å². The predicted molar refractivity (Wildman–Crippen MR) is 54.6 cm³/mol. The molecule has 1 N–H and O–H groups in total. The fraction of sp³-hybridized carbons (Fsp3) is 0.444. The van der Waals surface area contributed by atoms with Gasteiger partial charge in [0.15, 0.2) is 0 Å². The van der Waals surface area contributed by atoms with Gasteiger partial charge in [-0.05, 0) is 6.92 Å². The van der Waals surface area contributed by atoms with Gasteiger partial charge < -0.3 is 9.84 Å². The van der Waals surface area contributed by atoms with E-state index >= 15 is 0 Å². The third-order valence-corrected chi connectivity index (χ3v) is 1.86. The molecule has 1 aromatic rings. The fourth-order valence-corrected chi connectivity index (χ4v) is 1.15. The van der Waals surface area contributed by atoms with Gasteiger partial charge in [0.25, 0.3) is 0 Å². The second kappa shape index (κ2) is 7.65. The number of carbonyl (C=O) groups is 1. The first kappa shape index (κ1) is 16.4. The second-order valence-corrected chi connectivity index (χ2v) is 2.85. The molecule has 1 aromatic heterocycles. The van der Waals surface area contributed by atoms with Crippen molar-refractivity contribution >= 4 is 11.8 Å². The maximum absolute atomic E-state index is 11.3. The second-order valence-electron chi connectivity index (χ2n) is 2.85. The number of hydrogen-bond donors (Lipinski definition) is 1. The molecule has 0 atom stereocenters. The molecule has 0 aliphatic rings. The number of nitrogens with zero attached hydrogens (tertiary/aromatic N) is 3. The average molecular weight is 316 g/mol. The van der Waals surface area contributed by atoms with Gasteiger partial charge in [0, 0.05) is 32.7 Å². The number of aromatic nitrogens is 2. The molecular formula is C9H13N3O4Y. The van der Waals surface area contributed by atoms with Gasteiger partial charge in [-0.3, -0.25) is 4.84 Å². The number of carbonyl (C=O) groups excluding carboxylic acids is 1. The summed E-state index contributed by atoms with van der Waals surface area (Å²) >= 11 is 0. The molecule has 8 heteroatoms. The van der Waals surface area contributed by atoms with E-state index in [1.165, 1.54) is 20.4 Å². The molecule has 1 radical (unpaired) electrons. The first-order valence-electron chi connectivity index (χ1n) is 4.49. The Morgan fingerprint density at radius 3 is 2.65 bits per heavy atom. The number of hydroxylamine groups is 1. The predicted octanol–water partition coefficient (Wildman–Crippen LogP) is 0.409. The van der Waals surface area contributed by atoms with Gasteiger partial charge in [-0.1, -0.05) is 0 Å². The third-order valence-electron chi connectivity index (χ3n) is 1.86. The molecule has 0 bridgehead atoms. The van der Waals surface area contributed by atoms with Gasteiger partial charge in [0.2, 0.25) is 0 Å². The monoisotopic (exact) mass is 316 g/mol. The van der Waals surface area contributed by atoms with Gasteiger partial charge in [-0.2, -0.15) is 0 Å². The number of aliphatic hydroxyl groups is 1. The van der Waals surface area contributed by atoms with E-state index in [-0.39, 0.29) is 45.0 Å². The minimum atomic E-state index is -0.718. The summed E-state index contributed by atoms with van der Waals surface area (Å²) in [6, 6.07) is 0. The van der Waals surface area contributed by atoms with Crippen molar-refractivity contribution in [1.29, 1.82) is 0 Å². The number of methoxy groups -OCH3 is 1. The van der Waals surface area contributed by atoms with Crippen molar-refractivity contribution in [1.82, 2.24) is 9.97 Å². The molecule has 1 rings (SSSR count). The molecule has 1 heterocycles. The smallest absolute Gasteiger partial charge is 0.438 e. The van der Waals surface area contributed by atoms with Crippen LogP contribution < -0.4 is 5.06 Å². The minimum Gasteiger partial charge on any atom is -0.451 e. The molecule has 1 amide bonds. The van der Waals surface area contributed by atoms with Crippen LogP contribution in [0.1, 0.15) is 11.5 Å². The Hall–Kier alpha value is -0.626. The molecular weight excluding hydrogens is 303 g/mol. The van der Waals surface area contributed by atoms with Crippen LogP contribution in [-0.2, 0) is 48.9 Å². The van der Waals surface area contributed by atoms with Crippen LogP contribution in [0, 0.1) is 6.92 Å². The van der Waals surface area contributed by atoms with Crippen molar-refractivity contribution in [2.24, 2.45) is 0 Å². The minimum absolute atomic E-state index is 0. The number of hydrogen-bond acceptors (Lipinski definition) is 6. The van der Waals surface area contributed by atoms with Crippen LogP contribution in [0.2, 0.25) is 0 Å². The summed E-state index contributed by atoms with van der Waals surface area (Å²) < 4.78 is 4.51. The quantitative estimate of drug-likeness (QED) is 0.813. The van der Waals surface area contributed by atoms with Crippen LogP contribution in [0.3, 0.4) is 0 Å². The Morgan fingerprint density at radius 1 is 1.53 bits per heavy atom. The summed E-state index contributed by atoms with van der Waals surface area (Å²) in [4.78, 5) is 24.1. The van der Waals surface area contributed by atoms with Gasteiger partial charge in [0.1, 0.15) is 11.5 Å². The third kappa shape index (κ3) is 3.95. The molecule has 0 saturated heterocycles. The van der Waals surface area contributed by atoms with Gasteiger partial charge in [-0.25, -0.2) is 14.8 Å². The number of aliphatic hydroxyl groups excluding tert-OH is 1. The zero-order chi connectivity index (χ0) is 12.1. The number of ether oxygens (including phenoxy) is 1. The van der Waals surface area contributed by atoms with Crippen molar-refractivity contribution in [2.45, 2.75) is 13.5 Å². The molecule has 0 spiro atoms. The topological polar surface area (TPSA) is 84.8 Å². The van der Waals surface area contributed by atoms with E-state index in [0.717, 1.165) is 5.06 Å². The first-order valence-corrected chi connectivity index (χ1v) is 4.49. The molecule has 0 aliphatic carbocycles. The summed E-state index contributed by atoms with van der Waals surface area (Å²) in [5.74, 6) is 0.494. The summed E-state index contributed by atoms with van der Waals surface area (Å²) in [5.41, 5.74) is 0.544. The summed E-state index contributed by atoms with van der Waals surface area (Å²) in [6.07, 6.45) is 0.665. The van der Waals surface area contributed by atoms with E-state index in [1.54, 1.807) is 6.92 Å². The van der Waals surface area contributed by atoms with Gasteiger partial charge in [-0.15, -0.1) is 5.06 Å². The number of amides is 1. The Labute approximate surface area is 124 Å². The molecule has 0 aromatic carbocycles. The number of rotatable bonds is 3. The zero-order valence-corrected chi connectivity index (χ0v) is 12.7. The van der Waals surface area contributed by atoms with Crippen LogP contribution in [0.4, 0.5) is 10.5 Å². The van der Waals surface area contributed by atoms with Crippen LogP contribution >= 0.6 is 0 Å². The number of aryl methyl sites for hydroxylation is 1. The van der Waals surface area contributed by atoms with Crippen LogP contribution in [-0.4, -0.2) is 35.4 Å². The normalized spacial score (nSPS) is 9.41. The Kier molecular flexibility index (Phi) is 7.37. The Morgan fingerprint density at radius 2 is 2.18 bits per heavy atom.